The summed E-state index contributed by atoms with van der Waals surface area (Å²) in [6.07, 6.45) is 0. The summed E-state index contributed by atoms with van der Waals surface area (Å²) in [7, 11) is -3.73. The third-order valence-electron chi connectivity index (χ3n) is 1.96. The minimum absolute atomic E-state index is 0.0499. The van der Waals surface area contributed by atoms with Gasteiger partial charge in [0.1, 0.15) is 4.90 Å². The number of benzene rings is 1. The van der Waals surface area contributed by atoms with Crippen LogP contribution >= 0.6 is 11.6 Å². The molecule has 0 aliphatic carbocycles. The van der Waals surface area contributed by atoms with Crippen molar-refractivity contribution in [2.24, 2.45) is 0 Å². The Morgan fingerprint density at radius 3 is 2.53 bits per heavy atom. The number of nitrogens with two attached hydrogens (primary N) is 1. The molecular weight excluding hydrogens is 264 g/mol. The van der Waals surface area contributed by atoms with Crippen LogP contribution in [0, 0.1) is 0 Å². The fourth-order valence-corrected chi connectivity index (χ4v) is 2.61. The minimum atomic E-state index is -3.73. The lowest BCUT2D eigenvalue weighted by Crippen LogP contribution is -2.38. The van der Waals surface area contributed by atoms with E-state index in [1.165, 1.54) is 32.0 Å². The molecule has 0 unspecified atom stereocenters. The van der Waals surface area contributed by atoms with Gasteiger partial charge in [0.2, 0.25) is 10.0 Å². The maximum absolute atomic E-state index is 11.9. The van der Waals surface area contributed by atoms with Crippen molar-refractivity contribution in [3.05, 3.63) is 23.2 Å². The van der Waals surface area contributed by atoms with Crippen LogP contribution in [0.5, 0.6) is 0 Å². The Hall–Kier alpha value is -0.820. The lowest BCUT2D eigenvalue weighted by atomic mass is 10.1. The number of aliphatic hydroxyl groups is 1. The predicted molar refractivity (Wildman–Crippen MR) is 67.4 cm³/mol. The van der Waals surface area contributed by atoms with Gasteiger partial charge in [-0.15, -0.1) is 0 Å². The Kier molecular flexibility index (Phi) is 4.03. The highest BCUT2D eigenvalue weighted by Crippen LogP contribution is 2.22. The number of nitrogens with one attached hydrogen (secondary N) is 1. The maximum atomic E-state index is 11.9. The predicted octanol–water partition coefficient (Wildman–Crippen LogP) is 0.971. The van der Waals surface area contributed by atoms with E-state index in [0.29, 0.717) is 5.02 Å². The smallest absolute Gasteiger partial charge is 0.242 e. The van der Waals surface area contributed by atoms with E-state index in [1.54, 1.807) is 0 Å². The lowest BCUT2D eigenvalue weighted by Gasteiger charge is -2.18. The van der Waals surface area contributed by atoms with Crippen LogP contribution in [0.3, 0.4) is 0 Å². The molecule has 0 spiro atoms. The third-order valence-corrected chi connectivity index (χ3v) is 3.67. The van der Waals surface area contributed by atoms with Gasteiger partial charge in [-0.25, -0.2) is 13.1 Å². The number of rotatable bonds is 4. The van der Waals surface area contributed by atoms with Crippen molar-refractivity contribution in [2.45, 2.75) is 24.3 Å². The first-order valence-electron chi connectivity index (χ1n) is 4.89. The number of hydrogen-bond acceptors (Lipinski definition) is 4. The number of halogens is 1. The molecule has 0 atom stereocenters. The molecule has 1 aromatic rings. The molecule has 4 N–H and O–H groups in total. The highest BCUT2D eigenvalue weighted by Gasteiger charge is 2.21. The van der Waals surface area contributed by atoms with E-state index in [-0.39, 0.29) is 17.1 Å². The SMILES string of the molecule is CC(C)(O)CNS(=O)(=O)c1ccc(Cl)cc1N. The first-order chi connectivity index (χ1) is 7.62. The van der Waals surface area contributed by atoms with Gasteiger partial charge >= 0.3 is 0 Å². The van der Waals surface area contributed by atoms with Gasteiger partial charge < -0.3 is 10.8 Å². The van der Waals surface area contributed by atoms with E-state index in [2.05, 4.69) is 4.72 Å². The molecule has 0 amide bonds. The Morgan fingerprint density at radius 2 is 2.06 bits per heavy atom. The molecule has 1 aromatic carbocycles. The Bertz CT molecular complexity index is 509. The van der Waals surface area contributed by atoms with Crippen molar-refractivity contribution in [2.75, 3.05) is 12.3 Å². The number of nitrogen functional groups attached to an aromatic ring is 1. The van der Waals surface area contributed by atoms with Gasteiger partial charge in [-0.3, -0.25) is 0 Å². The molecule has 0 bridgehead atoms. The van der Waals surface area contributed by atoms with Crippen LogP contribution in [0.2, 0.25) is 5.02 Å². The molecule has 0 radical (unpaired) electrons. The summed E-state index contributed by atoms with van der Waals surface area (Å²) in [6.45, 7) is 2.90. The highest BCUT2D eigenvalue weighted by atomic mass is 35.5. The van der Waals surface area contributed by atoms with Gasteiger partial charge in [-0.2, -0.15) is 0 Å². The van der Waals surface area contributed by atoms with E-state index >= 15 is 0 Å². The Balaban J connectivity index is 2.98. The minimum Gasteiger partial charge on any atom is -0.398 e. The average molecular weight is 279 g/mol. The molecule has 0 aliphatic rings. The average Bonchev–Trinajstić information content (AvgIpc) is 2.13. The van der Waals surface area contributed by atoms with Crippen LogP contribution in [0.25, 0.3) is 0 Å². The zero-order valence-corrected chi connectivity index (χ0v) is 11.1. The third kappa shape index (κ3) is 4.16. The summed E-state index contributed by atoms with van der Waals surface area (Å²) < 4.78 is 26.0. The van der Waals surface area contributed by atoms with Gasteiger partial charge in [0.15, 0.2) is 0 Å². The monoisotopic (exact) mass is 278 g/mol. The van der Waals surface area contributed by atoms with E-state index in [4.69, 9.17) is 17.3 Å². The summed E-state index contributed by atoms with van der Waals surface area (Å²) in [6, 6.07) is 4.13. The van der Waals surface area contributed by atoms with E-state index in [0.717, 1.165) is 0 Å². The standard InChI is InChI=1S/C10H15ClN2O3S/c1-10(2,14)6-13-17(15,16)9-4-3-7(11)5-8(9)12/h3-5,13-14H,6,12H2,1-2H3. The van der Waals surface area contributed by atoms with Crippen molar-refractivity contribution >= 4 is 27.3 Å². The molecule has 0 saturated carbocycles. The van der Waals surface area contributed by atoms with Crippen LogP contribution in [0.4, 0.5) is 5.69 Å². The fourth-order valence-electron chi connectivity index (χ4n) is 1.11. The second-order valence-corrected chi connectivity index (χ2v) is 6.49. The van der Waals surface area contributed by atoms with Crippen LogP contribution in [-0.4, -0.2) is 25.7 Å². The van der Waals surface area contributed by atoms with Crippen molar-refractivity contribution in [3.63, 3.8) is 0 Å². The number of anilines is 1. The summed E-state index contributed by atoms with van der Waals surface area (Å²) in [5.41, 5.74) is 4.52. The molecule has 5 nitrogen and oxygen atoms in total. The molecule has 0 aromatic heterocycles. The van der Waals surface area contributed by atoms with Crippen LogP contribution in [0.1, 0.15) is 13.8 Å². The van der Waals surface area contributed by atoms with Crippen molar-refractivity contribution in [1.82, 2.24) is 4.72 Å². The Morgan fingerprint density at radius 1 is 1.47 bits per heavy atom. The first kappa shape index (κ1) is 14.2. The summed E-state index contributed by atoms with van der Waals surface area (Å²) >= 11 is 5.68. The lowest BCUT2D eigenvalue weighted by molar-refractivity contribution is 0.0857. The van der Waals surface area contributed by atoms with E-state index < -0.39 is 15.6 Å². The van der Waals surface area contributed by atoms with Gasteiger partial charge in [0, 0.05) is 11.6 Å². The summed E-state index contributed by atoms with van der Waals surface area (Å²) in [5.74, 6) is 0. The van der Waals surface area contributed by atoms with Crippen molar-refractivity contribution in [1.29, 1.82) is 0 Å². The zero-order valence-electron chi connectivity index (χ0n) is 9.57. The molecule has 7 heteroatoms. The molecule has 1 rings (SSSR count). The second-order valence-electron chi connectivity index (χ2n) is 4.32. The van der Waals surface area contributed by atoms with Gasteiger partial charge in [-0.1, -0.05) is 11.6 Å². The molecule has 0 fully saturated rings. The summed E-state index contributed by atoms with van der Waals surface area (Å²) in [5, 5.41) is 9.83. The van der Waals surface area contributed by atoms with Gasteiger partial charge in [-0.05, 0) is 32.0 Å². The molecule has 0 heterocycles. The molecule has 96 valence electrons. The van der Waals surface area contributed by atoms with Crippen LogP contribution in [0.15, 0.2) is 23.1 Å². The quantitative estimate of drug-likeness (QED) is 0.716. The zero-order chi connectivity index (χ0) is 13.3. The van der Waals surface area contributed by atoms with Crippen LogP contribution in [-0.2, 0) is 10.0 Å². The number of sulfonamides is 1. The van der Waals surface area contributed by atoms with Crippen molar-refractivity contribution < 1.29 is 13.5 Å². The van der Waals surface area contributed by atoms with Gasteiger partial charge in [0.05, 0.1) is 11.3 Å². The first-order valence-corrected chi connectivity index (χ1v) is 6.75. The largest absolute Gasteiger partial charge is 0.398 e. The second kappa shape index (κ2) is 4.81. The maximum Gasteiger partial charge on any atom is 0.242 e. The molecule has 0 aliphatic heterocycles. The van der Waals surface area contributed by atoms with Crippen LogP contribution < -0.4 is 10.5 Å². The van der Waals surface area contributed by atoms with Crippen molar-refractivity contribution in [3.8, 4) is 0 Å². The normalized spacial score (nSPS) is 12.7. The van der Waals surface area contributed by atoms with E-state index in [1.807, 2.05) is 0 Å². The molecule has 17 heavy (non-hydrogen) atoms. The Labute approximate surface area is 106 Å². The fraction of sp³-hybridized carbons (Fsp3) is 0.400. The number of hydrogen-bond donors (Lipinski definition) is 3. The molecule has 0 saturated heterocycles. The molecular formula is C10H15ClN2O3S. The highest BCUT2D eigenvalue weighted by molar-refractivity contribution is 7.89. The topological polar surface area (TPSA) is 92.4 Å². The van der Waals surface area contributed by atoms with Gasteiger partial charge in [0.25, 0.3) is 0 Å². The van der Waals surface area contributed by atoms with E-state index in [9.17, 15) is 13.5 Å². The summed E-state index contributed by atoms with van der Waals surface area (Å²) in [4.78, 5) is -0.0499.